The monoisotopic (exact) mass is 181 g/mol. The molecule has 1 heterocycles. The van der Waals surface area contributed by atoms with E-state index >= 15 is 0 Å². The Bertz CT molecular complexity index is 201. The van der Waals surface area contributed by atoms with Crippen molar-refractivity contribution in [3.05, 3.63) is 0 Å². The molecule has 0 aromatic heterocycles. The molecule has 72 valence electrons. The van der Waals surface area contributed by atoms with Gasteiger partial charge in [-0.1, -0.05) is 6.42 Å². The number of carbonyl (C=O) groups excluding carboxylic acids is 1. The van der Waals surface area contributed by atoms with Crippen molar-refractivity contribution in [2.45, 2.75) is 31.7 Å². The van der Waals surface area contributed by atoms with E-state index in [0.717, 1.165) is 25.9 Å². The van der Waals surface area contributed by atoms with Gasteiger partial charge in [0.2, 0.25) is 5.91 Å². The van der Waals surface area contributed by atoms with Gasteiger partial charge < -0.3 is 10.6 Å². The molecular formula is C9H15N3O. The molecule has 0 bridgehead atoms. The predicted octanol–water partition coefficient (Wildman–Crippen LogP) is 0.158. The Kier molecular flexibility index (Phi) is 4.27. The normalized spacial score (nSPS) is 22.8. The molecule has 1 saturated heterocycles. The van der Waals surface area contributed by atoms with Crippen molar-refractivity contribution in [2.24, 2.45) is 0 Å². The van der Waals surface area contributed by atoms with Crippen molar-refractivity contribution in [1.82, 2.24) is 10.6 Å². The third kappa shape index (κ3) is 3.90. The van der Waals surface area contributed by atoms with Crippen LogP contribution in [0.1, 0.15) is 25.7 Å². The molecule has 1 aliphatic heterocycles. The van der Waals surface area contributed by atoms with Gasteiger partial charge in [0, 0.05) is 12.6 Å². The van der Waals surface area contributed by atoms with E-state index in [1.54, 1.807) is 0 Å². The lowest BCUT2D eigenvalue weighted by Crippen LogP contribution is -2.40. The first-order valence-electron chi connectivity index (χ1n) is 4.70. The van der Waals surface area contributed by atoms with Gasteiger partial charge in [0.1, 0.15) is 6.42 Å². The standard InChI is InChI=1S/C9H15N3O/c10-5-4-9(13)12-8-3-1-2-6-11-7-8/h8,11H,1-4,6-7H2,(H,12,13). The number of nitrogens with zero attached hydrogens (tertiary/aromatic N) is 1. The summed E-state index contributed by atoms with van der Waals surface area (Å²) in [6.07, 6.45) is 3.30. The summed E-state index contributed by atoms with van der Waals surface area (Å²) in [5, 5.41) is 14.4. The zero-order valence-corrected chi connectivity index (χ0v) is 7.68. The van der Waals surface area contributed by atoms with Crippen molar-refractivity contribution in [2.75, 3.05) is 13.1 Å². The molecule has 1 fully saturated rings. The van der Waals surface area contributed by atoms with Gasteiger partial charge in [-0.15, -0.1) is 0 Å². The molecule has 13 heavy (non-hydrogen) atoms. The molecule has 4 nitrogen and oxygen atoms in total. The third-order valence-corrected chi connectivity index (χ3v) is 2.15. The number of rotatable bonds is 2. The van der Waals surface area contributed by atoms with Crippen LogP contribution in [-0.2, 0) is 4.79 Å². The van der Waals surface area contributed by atoms with Crippen molar-refractivity contribution in [3.8, 4) is 6.07 Å². The second-order valence-electron chi connectivity index (χ2n) is 3.30. The second-order valence-corrected chi connectivity index (χ2v) is 3.30. The maximum absolute atomic E-state index is 11.1. The molecule has 0 aromatic rings. The fraction of sp³-hybridized carbons (Fsp3) is 0.778. The second kappa shape index (κ2) is 5.55. The molecule has 1 rings (SSSR count). The summed E-state index contributed by atoms with van der Waals surface area (Å²) < 4.78 is 0. The van der Waals surface area contributed by atoms with Crippen LogP contribution in [0.3, 0.4) is 0 Å². The topological polar surface area (TPSA) is 64.9 Å². The Labute approximate surface area is 78.3 Å². The molecule has 4 heteroatoms. The lowest BCUT2D eigenvalue weighted by Gasteiger charge is -2.14. The molecule has 1 aliphatic rings. The Morgan fingerprint density at radius 1 is 1.62 bits per heavy atom. The van der Waals surface area contributed by atoms with Crippen LogP contribution >= 0.6 is 0 Å². The van der Waals surface area contributed by atoms with Crippen LogP contribution < -0.4 is 10.6 Å². The predicted molar refractivity (Wildman–Crippen MR) is 48.9 cm³/mol. The smallest absolute Gasteiger partial charge is 0.234 e. The van der Waals surface area contributed by atoms with Gasteiger partial charge in [0.25, 0.3) is 0 Å². The van der Waals surface area contributed by atoms with Crippen LogP contribution in [0, 0.1) is 11.3 Å². The minimum absolute atomic E-state index is 0.0312. The first kappa shape index (κ1) is 10.0. The number of nitrogens with one attached hydrogen (secondary N) is 2. The molecule has 0 spiro atoms. The highest BCUT2D eigenvalue weighted by Gasteiger charge is 2.13. The summed E-state index contributed by atoms with van der Waals surface area (Å²) in [6.45, 7) is 1.86. The van der Waals surface area contributed by atoms with E-state index in [1.807, 2.05) is 6.07 Å². The summed E-state index contributed by atoms with van der Waals surface area (Å²) in [6, 6.07) is 2.05. The van der Waals surface area contributed by atoms with Gasteiger partial charge in [0.05, 0.1) is 6.07 Å². The van der Waals surface area contributed by atoms with Crippen LogP contribution in [0.15, 0.2) is 0 Å². The van der Waals surface area contributed by atoms with Crippen LogP contribution in [0.5, 0.6) is 0 Å². The van der Waals surface area contributed by atoms with Crippen molar-refractivity contribution in [1.29, 1.82) is 5.26 Å². The molecular weight excluding hydrogens is 166 g/mol. The van der Waals surface area contributed by atoms with Gasteiger partial charge >= 0.3 is 0 Å². The average molecular weight is 181 g/mol. The molecule has 0 aromatic carbocycles. The largest absolute Gasteiger partial charge is 0.351 e. The highest BCUT2D eigenvalue weighted by atomic mass is 16.1. The van der Waals surface area contributed by atoms with E-state index in [4.69, 9.17) is 5.26 Å². The van der Waals surface area contributed by atoms with Crippen LogP contribution in [0.25, 0.3) is 0 Å². The summed E-state index contributed by atoms with van der Waals surface area (Å²) >= 11 is 0. The maximum Gasteiger partial charge on any atom is 0.234 e. The van der Waals surface area contributed by atoms with Gasteiger partial charge in [-0.25, -0.2) is 0 Å². The van der Waals surface area contributed by atoms with Crippen LogP contribution in [0.4, 0.5) is 0 Å². The Morgan fingerprint density at radius 3 is 3.23 bits per heavy atom. The zero-order valence-electron chi connectivity index (χ0n) is 7.68. The number of nitriles is 1. The zero-order chi connectivity index (χ0) is 9.52. The summed E-state index contributed by atoms with van der Waals surface area (Å²) in [7, 11) is 0. The fourth-order valence-electron chi connectivity index (χ4n) is 1.49. The van der Waals surface area contributed by atoms with E-state index in [2.05, 4.69) is 10.6 Å². The van der Waals surface area contributed by atoms with E-state index < -0.39 is 0 Å². The Hall–Kier alpha value is -1.08. The highest BCUT2D eigenvalue weighted by Crippen LogP contribution is 2.03. The van der Waals surface area contributed by atoms with Gasteiger partial charge in [-0.2, -0.15) is 5.26 Å². The van der Waals surface area contributed by atoms with E-state index in [1.165, 1.54) is 6.42 Å². The van der Waals surface area contributed by atoms with Crippen LogP contribution in [-0.4, -0.2) is 25.0 Å². The molecule has 0 radical (unpaired) electrons. The SMILES string of the molecule is N#CCC(=O)NC1CCCCNC1. The lowest BCUT2D eigenvalue weighted by atomic mass is 10.1. The quantitative estimate of drug-likeness (QED) is 0.637. The lowest BCUT2D eigenvalue weighted by molar-refractivity contribution is -0.120. The summed E-state index contributed by atoms with van der Waals surface area (Å²) in [5.74, 6) is -0.156. The highest BCUT2D eigenvalue weighted by molar-refractivity contribution is 5.78. The van der Waals surface area contributed by atoms with E-state index in [0.29, 0.717) is 0 Å². The third-order valence-electron chi connectivity index (χ3n) is 2.15. The number of carbonyl (C=O) groups is 1. The minimum Gasteiger partial charge on any atom is -0.351 e. The van der Waals surface area contributed by atoms with E-state index in [-0.39, 0.29) is 18.4 Å². The summed E-state index contributed by atoms with van der Waals surface area (Å²) in [5.41, 5.74) is 0. The molecule has 0 saturated carbocycles. The maximum atomic E-state index is 11.1. The van der Waals surface area contributed by atoms with Gasteiger partial charge in [0.15, 0.2) is 0 Å². The van der Waals surface area contributed by atoms with Crippen molar-refractivity contribution >= 4 is 5.91 Å². The molecule has 1 unspecified atom stereocenters. The van der Waals surface area contributed by atoms with Crippen LogP contribution in [0.2, 0.25) is 0 Å². The fourth-order valence-corrected chi connectivity index (χ4v) is 1.49. The average Bonchev–Trinajstić information content (AvgIpc) is 2.33. The molecule has 0 aliphatic carbocycles. The number of hydrogen-bond acceptors (Lipinski definition) is 3. The van der Waals surface area contributed by atoms with Gasteiger partial charge in [-0.3, -0.25) is 4.79 Å². The molecule has 1 amide bonds. The first-order chi connectivity index (χ1) is 6.33. The number of amides is 1. The summed E-state index contributed by atoms with van der Waals surface area (Å²) in [4.78, 5) is 11.1. The van der Waals surface area contributed by atoms with Gasteiger partial charge in [-0.05, 0) is 19.4 Å². The Morgan fingerprint density at radius 2 is 2.46 bits per heavy atom. The van der Waals surface area contributed by atoms with Crippen molar-refractivity contribution in [3.63, 3.8) is 0 Å². The Balaban J connectivity index is 2.26. The van der Waals surface area contributed by atoms with Crippen molar-refractivity contribution < 1.29 is 4.79 Å². The molecule has 1 atom stereocenters. The minimum atomic E-state index is -0.156. The number of hydrogen-bond donors (Lipinski definition) is 2. The molecule has 2 N–H and O–H groups in total. The first-order valence-corrected chi connectivity index (χ1v) is 4.70. The van der Waals surface area contributed by atoms with E-state index in [9.17, 15) is 4.79 Å².